The molecule has 1 aliphatic carbocycles. The molecule has 5 nitrogen and oxygen atoms in total. The Morgan fingerprint density at radius 1 is 1.17 bits per heavy atom. The van der Waals surface area contributed by atoms with Crippen LogP contribution in [-0.2, 0) is 25.1 Å². The summed E-state index contributed by atoms with van der Waals surface area (Å²) in [4.78, 5) is 0. The fourth-order valence-electron chi connectivity index (χ4n) is 3.60. The van der Waals surface area contributed by atoms with Crippen LogP contribution in [0.15, 0.2) is 30.3 Å². The van der Waals surface area contributed by atoms with Crippen molar-refractivity contribution in [1.82, 2.24) is 0 Å². The Balaban J connectivity index is 1.48. The van der Waals surface area contributed by atoms with Crippen molar-refractivity contribution in [3.05, 3.63) is 35.9 Å². The third kappa shape index (κ3) is 5.02. The van der Waals surface area contributed by atoms with E-state index in [2.05, 4.69) is 0 Å². The van der Waals surface area contributed by atoms with Gasteiger partial charge in [0.15, 0.2) is 16.1 Å². The normalized spacial score (nSPS) is 31.2. The van der Waals surface area contributed by atoms with Gasteiger partial charge in [-0.25, -0.2) is 8.42 Å². The summed E-state index contributed by atoms with van der Waals surface area (Å²) in [5.74, 6) is 0.241. The molecule has 2 N–H and O–H groups in total. The highest BCUT2D eigenvalue weighted by atomic mass is 32.2. The van der Waals surface area contributed by atoms with Crippen LogP contribution in [0.4, 0.5) is 0 Å². The zero-order valence-electron chi connectivity index (χ0n) is 14.0. The first-order chi connectivity index (χ1) is 11.5. The molecule has 1 saturated heterocycles. The van der Waals surface area contributed by atoms with Crippen molar-refractivity contribution in [1.29, 1.82) is 0 Å². The molecule has 24 heavy (non-hydrogen) atoms. The van der Waals surface area contributed by atoms with E-state index in [1.165, 1.54) is 0 Å². The maximum Gasteiger partial charge on any atom is 0.158 e. The molecule has 3 rings (SSSR count). The number of rotatable bonds is 6. The van der Waals surface area contributed by atoms with E-state index in [0.29, 0.717) is 13.0 Å². The van der Waals surface area contributed by atoms with Gasteiger partial charge in [0.1, 0.15) is 0 Å². The molecule has 0 amide bonds. The zero-order valence-corrected chi connectivity index (χ0v) is 14.8. The van der Waals surface area contributed by atoms with Gasteiger partial charge in [0.25, 0.3) is 0 Å². The average molecular weight is 353 g/mol. The maximum atomic E-state index is 12.4. The molecule has 1 saturated carbocycles. The summed E-state index contributed by atoms with van der Waals surface area (Å²) in [7, 11) is -3.15. The Morgan fingerprint density at radius 3 is 2.67 bits per heavy atom. The molecule has 2 aliphatic rings. The van der Waals surface area contributed by atoms with E-state index in [-0.39, 0.29) is 35.9 Å². The molecular weight excluding hydrogens is 326 g/mol. The number of nitrogens with two attached hydrogens (primary N) is 1. The predicted molar refractivity (Wildman–Crippen MR) is 93.1 cm³/mol. The summed E-state index contributed by atoms with van der Waals surface area (Å²) in [6.45, 7) is 0.445. The zero-order chi connectivity index (χ0) is 17.0. The molecular formula is C18H27NO4S. The van der Waals surface area contributed by atoms with E-state index in [4.69, 9.17) is 15.2 Å². The van der Waals surface area contributed by atoms with Gasteiger partial charge in [-0.15, -0.1) is 0 Å². The molecule has 2 fully saturated rings. The van der Waals surface area contributed by atoms with Gasteiger partial charge in [-0.1, -0.05) is 43.2 Å². The third-order valence-electron chi connectivity index (χ3n) is 4.84. The van der Waals surface area contributed by atoms with E-state index < -0.39 is 9.84 Å². The van der Waals surface area contributed by atoms with E-state index >= 15 is 0 Å². The molecule has 1 heterocycles. The number of sulfone groups is 1. The van der Waals surface area contributed by atoms with Gasteiger partial charge in [-0.2, -0.15) is 0 Å². The largest absolute Gasteiger partial charge is 0.352 e. The van der Waals surface area contributed by atoms with Crippen molar-refractivity contribution >= 4 is 9.84 Å². The van der Waals surface area contributed by atoms with Crippen LogP contribution in [0.25, 0.3) is 0 Å². The molecule has 1 aliphatic heterocycles. The van der Waals surface area contributed by atoms with Crippen molar-refractivity contribution in [2.45, 2.75) is 56.3 Å². The molecule has 2 unspecified atom stereocenters. The van der Waals surface area contributed by atoms with E-state index in [0.717, 1.165) is 31.2 Å². The Morgan fingerprint density at radius 2 is 1.92 bits per heavy atom. The van der Waals surface area contributed by atoms with Crippen LogP contribution in [0.1, 0.15) is 37.7 Å². The highest BCUT2D eigenvalue weighted by Crippen LogP contribution is 2.28. The first-order valence-corrected chi connectivity index (χ1v) is 10.6. The summed E-state index contributed by atoms with van der Waals surface area (Å²) in [6.07, 6.45) is 4.63. The monoisotopic (exact) mass is 353 g/mol. The minimum absolute atomic E-state index is 0.00327. The Labute approximate surface area is 144 Å². The lowest BCUT2D eigenvalue weighted by molar-refractivity contribution is -0.155. The lowest BCUT2D eigenvalue weighted by atomic mass is 9.93. The summed E-state index contributed by atoms with van der Waals surface area (Å²) < 4.78 is 36.4. The van der Waals surface area contributed by atoms with Crippen molar-refractivity contribution in [3.8, 4) is 0 Å². The fourth-order valence-corrected chi connectivity index (χ4v) is 5.37. The Kier molecular flexibility index (Phi) is 5.92. The van der Waals surface area contributed by atoms with Crippen molar-refractivity contribution in [3.63, 3.8) is 0 Å². The lowest BCUT2D eigenvalue weighted by Crippen LogP contribution is -2.41. The van der Waals surface area contributed by atoms with Crippen LogP contribution >= 0.6 is 0 Å². The topological polar surface area (TPSA) is 78.6 Å². The van der Waals surface area contributed by atoms with E-state index in [9.17, 15) is 8.42 Å². The van der Waals surface area contributed by atoms with Crippen LogP contribution in [0.3, 0.4) is 0 Å². The molecule has 0 bridgehead atoms. The predicted octanol–water partition coefficient (Wildman–Crippen LogP) is 2.25. The van der Waals surface area contributed by atoms with Crippen molar-refractivity contribution < 1.29 is 17.9 Å². The van der Waals surface area contributed by atoms with Crippen LogP contribution in [0.5, 0.6) is 0 Å². The average Bonchev–Trinajstić information content (AvgIpc) is 2.96. The first-order valence-electron chi connectivity index (χ1n) is 8.79. The maximum absolute atomic E-state index is 12.4. The standard InChI is InChI=1S/C18H27NO4S/c19-16-8-4-5-9-17(16)23-18-10-15(11-22-18)13-24(20,21)12-14-6-2-1-3-7-14/h1-3,6-7,15-18H,4-5,8-13,19H2/t15-,16?,17?,18-/m0/s1. The molecule has 134 valence electrons. The van der Waals surface area contributed by atoms with Gasteiger partial charge >= 0.3 is 0 Å². The van der Waals surface area contributed by atoms with Crippen molar-refractivity contribution in [2.75, 3.05) is 12.4 Å². The molecule has 0 aromatic heterocycles. The number of ether oxygens (including phenoxy) is 2. The fraction of sp³-hybridized carbons (Fsp3) is 0.667. The van der Waals surface area contributed by atoms with Gasteiger partial charge in [0.05, 0.1) is 24.2 Å². The number of hydrogen-bond donors (Lipinski definition) is 1. The van der Waals surface area contributed by atoms with Gasteiger partial charge in [0, 0.05) is 18.4 Å². The van der Waals surface area contributed by atoms with Crippen LogP contribution in [-0.4, -0.2) is 39.2 Å². The number of benzene rings is 1. The highest BCUT2D eigenvalue weighted by Gasteiger charge is 2.33. The highest BCUT2D eigenvalue weighted by molar-refractivity contribution is 7.90. The summed E-state index contributed by atoms with van der Waals surface area (Å²) >= 11 is 0. The summed E-state index contributed by atoms with van der Waals surface area (Å²) in [5, 5.41) is 0. The molecule has 0 radical (unpaired) electrons. The summed E-state index contributed by atoms with van der Waals surface area (Å²) in [6, 6.07) is 9.38. The van der Waals surface area contributed by atoms with Gasteiger partial charge < -0.3 is 15.2 Å². The minimum Gasteiger partial charge on any atom is -0.352 e. The molecule has 0 spiro atoms. The first kappa shape index (κ1) is 17.9. The van der Waals surface area contributed by atoms with Gasteiger partial charge in [-0.05, 0) is 18.4 Å². The van der Waals surface area contributed by atoms with E-state index in [1.54, 1.807) is 0 Å². The van der Waals surface area contributed by atoms with Gasteiger partial charge in [-0.3, -0.25) is 0 Å². The molecule has 1 aromatic rings. The second-order valence-corrected chi connectivity index (χ2v) is 9.14. The molecule has 6 heteroatoms. The SMILES string of the molecule is NC1CCCCC1O[C@H]1C[C@H](CS(=O)(=O)Cc2ccccc2)CO1. The van der Waals surface area contributed by atoms with E-state index in [1.807, 2.05) is 30.3 Å². The second-order valence-electron chi connectivity index (χ2n) is 7.03. The van der Waals surface area contributed by atoms with Crippen LogP contribution in [0.2, 0.25) is 0 Å². The smallest absolute Gasteiger partial charge is 0.158 e. The lowest BCUT2D eigenvalue weighted by Gasteiger charge is -2.30. The third-order valence-corrected chi connectivity index (χ3v) is 6.60. The van der Waals surface area contributed by atoms with Crippen LogP contribution in [0, 0.1) is 5.92 Å². The van der Waals surface area contributed by atoms with Crippen LogP contribution < -0.4 is 5.73 Å². The summed E-state index contributed by atoms with van der Waals surface area (Å²) in [5.41, 5.74) is 6.93. The Bertz CT molecular complexity index is 619. The molecule has 4 atom stereocenters. The quantitative estimate of drug-likeness (QED) is 0.848. The number of hydrogen-bond acceptors (Lipinski definition) is 5. The molecule has 1 aromatic carbocycles. The van der Waals surface area contributed by atoms with Crippen molar-refractivity contribution in [2.24, 2.45) is 11.7 Å². The Hall–Kier alpha value is -0.950. The van der Waals surface area contributed by atoms with Gasteiger partial charge in [0.2, 0.25) is 0 Å². The second kappa shape index (κ2) is 7.95. The minimum atomic E-state index is -3.15.